The van der Waals surface area contributed by atoms with E-state index in [2.05, 4.69) is 21.2 Å². The Labute approximate surface area is 126 Å². The molecule has 106 valence electrons. The molecule has 0 radical (unpaired) electrons. The van der Waals surface area contributed by atoms with Crippen molar-refractivity contribution >= 4 is 33.5 Å². The number of rotatable bonds is 3. The van der Waals surface area contributed by atoms with Gasteiger partial charge >= 0.3 is 5.97 Å². The number of carbonyl (C=O) groups excluding carboxylic acids is 2. The molecule has 4 nitrogen and oxygen atoms in total. The van der Waals surface area contributed by atoms with Gasteiger partial charge in [-0.15, -0.1) is 0 Å². The molecule has 0 bridgehead atoms. The summed E-state index contributed by atoms with van der Waals surface area (Å²) in [6.45, 7) is 4.14. The number of amides is 1. The normalized spacial score (nSPS) is 30.1. The third-order valence-corrected chi connectivity index (χ3v) is 4.89. The van der Waals surface area contributed by atoms with Crippen LogP contribution in [0.3, 0.4) is 0 Å². The molecule has 5 heteroatoms. The average molecular weight is 338 g/mol. The second-order valence-corrected chi connectivity index (χ2v) is 6.17. The SMILES string of the molecule is CCOC(=O)C1C(CC)C12C(=O)Nc1ccc(Br)cc12. The number of hydrogen-bond donors (Lipinski definition) is 1. The summed E-state index contributed by atoms with van der Waals surface area (Å²) in [5, 5.41) is 2.90. The van der Waals surface area contributed by atoms with E-state index in [9.17, 15) is 9.59 Å². The fourth-order valence-corrected chi connectivity index (χ4v) is 3.95. The molecule has 3 unspecified atom stereocenters. The molecule has 0 saturated heterocycles. The van der Waals surface area contributed by atoms with Crippen molar-refractivity contribution in [2.45, 2.75) is 25.7 Å². The first kappa shape index (κ1) is 13.6. The van der Waals surface area contributed by atoms with Crippen molar-refractivity contribution in [2.24, 2.45) is 11.8 Å². The summed E-state index contributed by atoms with van der Waals surface area (Å²) in [5.41, 5.74) is 1.00. The van der Waals surface area contributed by atoms with Gasteiger partial charge in [0.1, 0.15) is 0 Å². The Bertz CT molecular complexity index is 601. The number of esters is 1. The highest BCUT2D eigenvalue weighted by atomic mass is 79.9. The van der Waals surface area contributed by atoms with Gasteiger partial charge in [-0.25, -0.2) is 0 Å². The van der Waals surface area contributed by atoms with E-state index in [0.29, 0.717) is 6.61 Å². The van der Waals surface area contributed by atoms with Gasteiger partial charge in [0.15, 0.2) is 0 Å². The van der Waals surface area contributed by atoms with Crippen LogP contribution >= 0.6 is 15.9 Å². The van der Waals surface area contributed by atoms with E-state index in [0.717, 1.165) is 22.1 Å². The van der Waals surface area contributed by atoms with Crippen LogP contribution in [-0.2, 0) is 19.7 Å². The molecule has 3 atom stereocenters. The van der Waals surface area contributed by atoms with E-state index in [1.807, 2.05) is 25.1 Å². The van der Waals surface area contributed by atoms with Gasteiger partial charge in [-0.05, 0) is 36.6 Å². The molecule has 1 aliphatic carbocycles. The third-order valence-electron chi connectivity index (χ3n) is 4.40. The molecule has 1 aromatic rings. The zero-order valence-electron chi connectivity index (χ0n) is 11.4. The lowest BCUT2D eigenvalue weighted by Gasteiger charge is -2.09. The number of halogens is 1. The van der Waals surface area contributed by atoms with Crippen molar-refractivity contribution in [3.63, 3.8) is 0 Å². The van der Waals surface area contributed by atoms with E-state index < -0.39 is 5.41 Å². The van der Waals surface area contributed by atoms with E-state index in [1.165, 1.54) is 0 Å². The molecule has 1 aliphatic heterocycles. The Kier molecular flexibility index (Phi) is 3.12. The van der Waals surface area contributed by atoms with Gasteiger partial charge in [0.25, 0.3) is 0 Å². The van der Waals surface area contributed by atoms with Gasteiger partial charge in [-0.3, -0.25) is 9.59 Å². The maximum absolute atomic E-state index is 12.5. The molecule has 1 fully saturated rings. The molecule has 1 heterocycles. The fourth-order valence-electron chi connectivity index (χ4n) is 3.59. The number of carbonyl (C=O) groups is 2. The molecule has 0 aromatic heterocycles. The molecular formula is C15H16BrNO3. The van der Waals surface area contributed by atoms with Crippen molar-refractivity contribution in [1.82, 2.24) is 0 Å². The summed E-state index contributed by atoms with van der Waals surface area (Å²) in [7, 11) is 0. The first-order valence-corrected chi connectivity index (χ1v) is 7.64. The molecule has 1 saturated carbocycles. The second-order valence-electron chi connectivity index (χ2n) is 5.26. The summed E-state index contributed by atoms with van der Waals surface area (Å²) >= 11 is 3.44. The summed E-state index contributed by atoms with van der Waals surface area (Å²) in [5.74, 6) is -0.669. The van der Waals surface area contributed by atoms with Crippen LogP contribution in [0.25, 0.3) is 0 Å². The van der Waals surface area contributed by atoms with Crippen LogP contribution in [-0.4, -0.2) is 18.5 Å². The number of benzene rings is 1. The summed E-state index contributed by atoms with van der Waals surface area (Å²) in [6.07, 6.45) is 0.781. The molecule has 1 spiro atoms. The van der Waals surface area contributed by atoms with Gasteiger partial charge in [0.05, 0.1) is 17.9 Å². The standard InChI is InChI=1S/C15H16BrNO3/c1-3-9-12(13(18)20-4-2)15(9)10-7-8(16)5-6-11(10)17-14(15)19/h5-7,9,12H,3-4H2,1-2H3,(H,17,19). The van der Waals surface area contributed by atoms with Crippen molar-refractivity contribution in [2.75, 3.05) is 11.9 Å². The van der Waals surface area contributed by atoms with Crippen LogP contribution in [0, 0.1) is 11.8 Å². The highest BCUT2D eigenvalue weighted by Gasteiger charge is 2.75. The van der Waals surface area contributed by atoms with Gasteiger partial charge in [0.2, 0.25) is 5.91 Å². The molecule has 1 aromatic carbocycles. The molecular weight excluding hydrogens is 322 g/mol. The first-order chi connectivity index (χ1) is 9.57. The van der Waals surface area contributed by atoms with Crippen LogP contribution < -0.4 is 5.32 Å². The van der Waals surface area contributed by atoms with E-state index in [-0.39, 0.29) is 23.7 Å². The monoisotopic (exact) mass is 337 g/mol. The van der Waals surface area contributed by atoms with E-state index >= 15 is 0 Å². The quantitative estimate of drug-likeness (QED) is 0.863. The number of hydrogen-bond acceptors (Lipinski definition) is 3. The third kappa shape index (κ3) is 1.59. The minimum absolute atomic E-state index is 0.0251. The van der Waals surface area contributed by atoms with Gasteiger partial charge in [0, 0.05) is 10.2 Å². The second kappa shape index (κ2) is 4.58. The largest absolute Gasteiger partial charge is 0.466 e. The van der Waals surface area contributed by atoms with E-state index in [1.54, 1.807) is 6.92 Å². The Morgan fingerprint density at radius 2 is 2.20 bits per heavy atom. The molecule has 2 aliphatic rings. The maximum atomic E-state index is 12.5. The number of nitrogens with one attached hydrogen (secondary N) is 1. The van der Waals surface area contributed by atoms with Crippen LogP contribution in [0.1, 0.15) is 25.8 Å². The Hall–Kier alpha value is -1.36. The van der Waals surface area contributed by atoms with Crippen LogP contribution in [0.5, 0.6) is 0 Å². The summed E-state index contributed by atoms with van der Waals surface area (Å²) < 4.78 is 6.06. The van der Waals surface area contributed by atoms with Crippen molar-refractivity contribution in [1.29, 1.82) is 0 Å². The van der Waals surface area contributed by atoms with Gasteiger partial charge in [-0.1, -0.05) is 29.3 Å². The minimum atomic E-state index is -0.722. The van der Waals surface area contributed by atoms with Gasteiger partial charge in [-0.2, -0.15) is 0 Å². The summed E-state index contributed by atoms with van der Waals surface area (Å²) in [6, 6.07) is 5.70. The topological polar surface area (TPSA) is 55.4 Å². The minimum Gasteiger partial charge on any atom is -0.466 e. The lowest BCUT2D eigenvalue weighted by Crippen LogP contribution is -2.25. The van der Waals surface area contributed by atoms with Crippen molar-refractivity contribution in [3.05, 3.63) is 28.2 Å². The lowest BCUT2D eigenvalue weighted by atomic mass is 9.92. The summed E-state index contributed by atoms with van der Waals surface area (Å²) in [4.78, 5) is 24.6. The molecule has 20 heavy (non-hydrogen) atoms. The smallest absolute Gasteiger partial charge is 0.310 e. The zero-order chi connectivity index (χ0) is 14.5. The Morgan fingerprint density at radius 3 is 2.85 bits per heavy atom. The van der Waals surface area contributed by atoms with Crippen LogP contribution in [0.2, 0.25) is 0 Å². The lowest BCUT2D eigenvalue weighted by molar-refractivity contribution is -0.146. The molecule has 3 rings (SSSR count). The van der Waals surface area contributed by atoms with Crippen LogP contribution in [0.4, 0.5) is 5.69 Å². The highest BCUT2D eigenvalue weighted by Crippen LogP contribution is 2.66. The van der Waals surface area contributed by atoms with Crippen LogP contribution in [0.15, 0.2) is 22.7 Å². The zero-order valence-corrected chi connectivity index (χ0v) is 13.0. The van der Waals surface area contributed by atoms with Gasteiger partial charge < -0.3 is 10.1 Å². The number of anilines is 1. The fraction of sp³-hybridized carbons (Fsp3) is 0.467. The average Bonchev–Trinajstić information content (AvgIpc) is 3.02. The highest BCUT2D eigenvalue weighted by molar-refractivity contribution is 9.10. The predicted octanol–water partition coefficient (Wildman–Crippen LogP) is 2.86. The Balaban J connectivity index is 2.07. The first-order valence-electron chi connectivity index (χ1n) is 6.85. The van der Waals surface area contributed by atoms with E-state index in [4.69, 9.17) is 4.74 Å². The number of ether oxygens (including phenoxy) is 1. The van der Waals surface area contributed by atoms with Crippen molar-refractivity contribution < 1.29 is 14.3 Å². The maximum Gasteiger partial charge on any atom is 0.310 e. The van der Waals surface area contributed by atoms with Crippen molar-refractivity contribution in [3.8, 4) is 0 Å². The number of fused-ring (bicyclic) bond motifs is 2. The predicted molar refractivity (Wildman–Crippen MR) is 78.4 cm³/mol. The Morgan fingerprint density at radius 1 is 1.45 bits per heavy atom. The molecule has 1 N–H and O–H groups in total. The molecule has 1 amide bonds.